The van der Waals surface area contributed by atoms with Crippen molar-refractivity contribution in [3.05, 3.63) is 72.0 Å². The van der Waals surface area contributed by atoms with Crippen molar-refractivity contribution in [3.8, 4) is 11.3 Å². The molecule has 0 saturated carbocycles. The first-order valence-electron chi connectivity index (χ1n) is 9.35. The summed E-state index contributed by atoms with van der Waals surface area (Å²) >= 11 is 0. The molecule has 2 aromatic carbocycles. The number of hydrogen-bond acceptors (Lipinski definition) is 3. The van der Waals surface area contributed by atoms with Crippen LogP contribution in [0.1, 0.15) is 19.4 Å². The molecule has 0 spiro atoms. The number of allylic oxidation sites excluding steroid dienone is 2. The molecule has 5 heteroatoms. The quantitative estimate of drug-likeness (QED) is 0.190. The Kier molecular flexibility index (Phi) is 9.15. The van der Waals surface area contributed by atoms with Gasteiger partial charge in [0, 0.05) is 34.3 Å². The van der Waals surface area contributed by atoms with Crippen molar-refractivity contribution in [2.45, 2.75) is 40.4 Å². The molecule has 0 fully saturated rings. The Hall–Kier alpha value is -2.07. The third kappa shape index (κ3) is 7.35. The molecular weight excluding hydrogens is 555 g/mol. The Labute approximate surface area is 188 Å². The number of carbonyl (C=O) groups is 1. The van der Waals surface area contributed by atoms with Crippen LogP contribution in [0, 0.1) is 13.0 Å². The number of benzene rings is 2. The Bertz CT molecular complexity index is 1000. The van der Waals surface area contributed by atoms with Crippen molar-refractivity contribution in [1.29, 1.82) is 0 Å². The van der Waals surface area contributed by atoms with E-state index in [4.69, 9.17) is 10.1 Å². The van der Waals surface area contributed by atoms with E-state index in [0.717, 1.165) is 16.8 Å². The normalized spacial score (nSPS) is 11.3. The van der Waals surface area contributed by atoms with Gasteiger partial charge in [-0.05, 0) is 37.9 Å². The molecule has 0 unspecified atom stereocenters. The van der Waals surface area contributed by atoms with Crippen LogP contribution < -0.4 is 5.19 Å². The van der Waals surface area contributed by atoms with E-state index in [9.17, 15) is 4.79 Å². The summed E-state index contributed by atoms with van der Waals surface area (Å²) in [4.78, 5) is 14.8. The van der Waals surface area contributed by atoms with Gasteiger partial charge in [-0.15, -0.1) is 35.0 Å². The van der Waals surface area contributed by atoms with Crippen LogP contribution in [0.25, 0.3) is 22.2 Å². The van der Waals surface area contributed by atoms with Crippen LogP contribution in [0.2, 0.25) is 19.6 Å². The smallest absolute Gasteiger partial charge is 0.155 e. The molecular formula is C24H28IrNO2Si-. The first-order valence-corrected chi connectivity index (χ1v) is 12.8. The fraction of sp³-hybridized carbons (Fsp3) is 0.250. The van der Waals surface area contributed by atoms with Crippen molar-refractivity contribution >= 4 is 29.9 Å². The second kappa shape index (κ2) is 10.6. The topological polar surface area (TPSA) is 50.2 Å². The van der Waals surface area contributed by atoms with E-state index < -0.39 is 8.07 Å². The zero-order valence-corrected chi connectivity index (χ0v) is 21.2. The molecule has 3 rings (SSSR count). The predicted octanol–water partition coefficient (Wildman–Crippen LogP) is 5.59. The van der Waals surface area contributed by atoms with Gasteiger partial charge in [0.15, 0.2) is 5.78 Å². The zero-order valence-electron chi connectivity index (χ0n) is 17.8. The van der Waals surface area contributed by atoms with Crippen LogP contribution in [-0.4, -0.2) is 23.9 Å². The molecule has 0 amide bonds. The third-order valence-electron chi connectivity index (χ3n) is 4.26. The van der Waals surface area contributed by atoms with Crippen molar-refractivity contribution in [1.82, 2.24) is 4.98 Å². The third-order valence-corrected chi connectivity index (χ3v) is 6.30. The van der Waals surface area contributed by atoms with E-state index in [-0.39, 0.29) is 31.6 Å². The summed E-state index contributed by atoms with van der Waals surface area (Å²) in [6.07, 6.45) is 1.17. The van der Waals surface area contributed by atoms with Crippen LogP contribution in [-0.2, 0) is 24.9 Å². The number of aromatic nitrogens is 1. The molecule has 155 valence electrons. The van der Waals surface area contributed by atoms with E-state index in [1.54, 1.807) is 0 Å². The van der Waals surface area contributed by atoms with Gasteiger partial charge in [-0.3, -0.25) is 9.78 Å². The van der Waals surface area contributed by atoms with E-state index in [0.29, 0.717) is 0 Å². The van der Waals surface area contributed by atoms with Crippen LogP contribution in [0.15, 0.2) is 60.4 Å². The second-order valence-corrected chi connectivity index (χ2v) is 13.1. The number of para-hydroxylation sites is 1. The predicted molar refractivity (Wildman–Crippen MR) is 121 cm³/mol. The summed E-state index contributed by atoms with van der Waals surface area (Å²) in [5.74, 6) is -0.0625. The van der Waals surface area contributed by atoms with E-state index in [2.05, 4.69) is 75.1 Å². The van der Waals surface area contributed by atoms with Crippen molar-refractivity contribution < 1.29 is 30.0 Å². The number of aliphatic hydroxyl groups is 1. The average Bonchev–Trinajstić information content (AvgIpc) is 2.60. The van der Waals surface area contributed by atoms with Crippen LogP contribution in [0.4, 0.5) is 0 Å². The number of aliphatic hydroxyl groups excluding tert-OH is 1. The van der Waals surface area contributed by atoms with E-state index >= 15 is 0 Å². The van der Waals surface area contributed by atoms with E-state index in [1.165, 1.54) is 36.1 Å². The number of ketones is 1. The van der Waals surface area contributed by atoms with Crippen molar-refractivity contribution in [2.24, 2.45) is 0 Å². The first-order chi connectivity index (χ1) is 13.1. The van der Waals surface area contributed by atoms with Crippen LogP contribution >= 0.6 is 0 Å². The van der Waals surface area contributed by atoms with Crippen molar-refractivity contribution in [3.63, 3.8) is 0 Å². The van der Waals surface area contributed by atoms with Crippen molar-refractivity contribution in [2.75, 3.05) is 0 Å². The Morgan fingerprint density at radius 1 is 1.10 bits per heavy atom. The number of hydrogen-bond donors (Lipinski definition) is 1. The molecule has 29 heavy (non-hydrogen) atoms. The standard InChI is InChI=1S/C19H20NSi.C5H8O2.Ir/c1-14-13-16-7-5-6-8-18(16)20-19(14)15-9-11-17(12-10-15)21(2,3)4;1-4(6)3-5(2)7;/h5-9,11-13H,1-4H3;3,6H,1-2H3;/q-1;;/b;4-3-;. The number of carbonyl (C=O) groups excluding carboxylic acids is 1. The fourth-order valence-electron chi connectivity index (χ4n) is 2.83. The number of nitrogens with zero attached hydrogens (tertiary/aromatic N) is 1. The molecule has 0 aliphatic carbocycles. The molecule has 0 aliphatic rings. The summed E-state index contributed by atoms with van der Waals surface area (Å²) in [5.41, 5.74) is 4.36. The Morgan fingerprint density at radius 2 is 1.76 bits per heavy atom. The van der Waals surface area contributed by atoms with Gasteiger partial charge in [0.2, 0.25) is 0 Å². The molecule has 0 saturated heterocycles. The number of rotatable bonds is 3. The monoisotopic (exact) mass is 583 g/mol. The molecule has 3 aromatic rings. The Balaban J connectivity index is 0.000000456. The van der Waals surface area contributed by atoms with Gasteiger partial charge in [-0.25, -0.2) is 0 Å². The van der Waals surface area contributed by atoms with Gasteiger partial charge in [0.05, 0.1) is 11.3 Å². The molecule has 0 bridgehead atoms. The van der Waals surface area contributed by atoms with Gasteiger partial charge in [0.25, 0.3) is 0 Å². The van der Waals surface area contributed by atoms with Gasteiger partial charge in [-0.2, -0.15) is 0 Å². The second-order valence-electron chi connectivity index (χ2n) is 7.98. The zero-order chi connectivity index (χ0) is 20.9. The molecule has 1 radical (unpaired) electrons. The first kappa shape index (κ1) is 25.0. The number of pyridine rings is 1. The fourth-order valence-corrected chi connectivity index (χ4v) is 3.92. The summed E-state index contributed by atoms with van der Waals surface area (Å²) in [6, 6.07) is 20.5. The van der Waals surface area contributed by atoms with Crippen LogP contribution in [0.3, 0.4) is 0 Å². The summed E-state index contributed by atoms with van der Waals surface area (Å²) in [6.45, 7) is 12.0. The molecule has 1 heterocycles. The molecule has 0 atom stereocenters. The minimum absolute atomic E-state index is 0. The van der Waals surface area contributed by atoms with Gasteiger partial charge in [0.1, 0.15) is 0 Å². The molecule has 1 N–H and O–H groups in total. The number of aryl methyl sites for hydroxylation is 1. The van der Waals surface area contributed by atoms with Crippen LogP contribution in [0.5, 0.6) is 0 Å². The molecule has 1 aromatic heterocycles. The summed E-state index contributed by atoms with van der Waals surface area (Å²) < 4.78 is 0. The van der Waals surface area contributed by atoms with Gasteiger partial charge < -0.3 is 5.11 Å². The van der Waals surface area contributed by atoms with E-state index in [1.807, 2.05) is 6.07 Å². The minimum atomic E-state index is -1.27. The maximum Gasteiger partial charge on any atom is 0.155 e. The molecule has 3 nitrogen and oxygen atoms in total. The SMILES string of the molecule is CC(=O)/C=C(/C)O.Cc1cc2ccccc2nc1-c1[c-]cc([Si](C)(C)C)cc1.[Ir]. The van der Waals surface area contributed by atoms with Gasteiger partial charge in [-0.1, -0.05) is 49.5 Å². The summed E-state index contributed by atoms with van der Waals surface area (Å²) in [7, 11) is -1.27. The maximum absolute atomic E-state index is 10.0. The largest absolute Gasteiger partial charge is 0.512 e. The number of fused-ring (bicyclic) bond motifs is 1. The summed E-state index contributed by atoms with van der Waals surface area (Å²) in [5, 5.41) is 11.0. The molecule has 0 aliphatic heterocycles. The van der Waals surface area contributed by atoms with Gasteiger partial charge >= 0.3 is 0 Å². The maximum atomic E-state index is 10.0. The average molecular weight is 583 g/mol. The Morgan fingerprint density at radius 3 is 2.24 bits per heavy atom. The minimum Gasteiger partial charge on any atom is -0.512 e.